The summed E-state index contributed by atoms with van der Waals surface area (Å²) in [7, 11) is 2.18. The molecule has 0 aliphatic carbocycles. The third kappa shape index (κ3) is 5.74. The van der Waals surface area contributed by atoms with E-state index < -0.39 is 5.60 Å². The Kier molecular flexibility index (Phi) is 6.06. The molecule has 2 fully saturated rings. The lowest BCUT2D eigenvalue weighted by atomic mass is 10.2. The number of carbonyl (C=O) groups is 1. The third-order valence-corrected chi connectivity index (χ3v) is 4.30. The smallest absolute Gasteiger partial charge is 0.410 e. The molecule has 0 aromatic rings. The van der Waals surface area contributed by atoms with Crippen LogP contribution in [0.1, 0.15) is 27.2 Å². The van der Waals surface area contributed by atoms with E-state index in [2.05, 4.69) is 22.2 Å². The molecular formula is C16H32N4O2. The highest BCUT2D eigenvalue weighted by molar-refractivity contribution is 5.68. The Morgan fingerprint density at radius 3 is 2.50 bits per heavy atom. The minimum atomic E-state index is -0.413. The predicted molar refractivity (Wildman–Crippen MR) is 88.2 cm³/mol. The molecule has 6 nitrogen and oxygen atoms in total. The Labute approximate surface area is 134 Å². The summed E-state index contributed by atoms with van der Waals surface area (Å²) in [5.74, 6) is 0. The van der Waals surface area contributed by atoms with Gasteiger partial charge in [0.1, 0.15) is 5.60 Å². The molecule has 0 unspecified atom stereocenters. The van der Waals surface area contributed by atoms with Gasteiger partial charge >= 0.3 is 6.09 Å². The maximum atomic E-state index is 12.0. The quantitative estimate of drug-likeness (QED) is 0.833. The lowest BCUT2D eigenvalue weighted by Crippen LogP contribution is -2.47. The monoisotopic (exact) mass is 312 g/mol. The van der Waals surface area contributed by atoms with Gasteiger partial charge in [-0.2, -0.15) is 0 Å². The number of likely N-dealkylation sites (tertiary alicyclic amines) is 1. The van der Waals surface area contributed by atoms with Crippen molar-refractivity contribution in [1.82, 2.24) is 20.0 Å². The van der Waals surface area contributed by atoms with Crippen LogP contribution in [-0.2, 0) is 4.74 Å². The zero-order valence-corrected chi connectivity index (χ0v) is 14.6. The van der Waals surface area contributed by atoms with Gasteiger partial charge in [0.2, 0.25) is 0 Å². The summed E-state index contributed by atoms with van der Waals surface area (Å²) < 4.78 is 5.43. The third-order valence-electron chi connectivity index (χ3n) is 4.30. The number of piperazine rings is 1. The molecule has 0 radical (unpaired) electrons. The molecule has 2 aliphatic rings. The van der Waals surface area contributed by atoms with Crippen molar-refractivity contribution >= 4 is 6.09 Å². The minimum Gasteiger partial charge on any atom is -0.444 e. The lowest BCUT2D eigenvalue weighted by Gasteiger charge is -2.32. The number of rotatable bonds is 4. The summed E-state index contributed by atoms with van der Waals surface area (Å²) >= 11 is 0. The Morgan fingerprint density at radius 2 is 1.86 bits per heavy atom. The first-order chi connectivity index (χ1) is 10.3. The van der Waals surface area contributed by atoms with E-state index in [0.717, 1.165) is 58.8 Å². The maximum Gasteiger partial charge on any atom is 0.410 e. The molecule has 128 valence electrons. The van der Waals surface area contributed by atoms with E-state index in [1.807, 2.05) is 25.7 Å². The van der Waals surface area contributed by atoms with Crippen molar-refractivity contribution in [3.63, 3.8) is 0 Å². The zero-order chi connectivity index (χ0) is 16.2. The van der Waals surface area contributed by atoms with E-state index in [0.29, 0.717) is 6.04 Å². The lowest BCUT2D eigenvalue weighted by molar-refractivity contribution is 0.0291. The van der Waals surface area contributed by atoms with Crippen LogP contribution in [0, 0.1) is 0 Å². The molecule has 1 N–H and O–H groups in total. The second-order valence-electron chi connectivity index (χ2n) is 7.51. The number of hydrogen-bond donors (Lipinski definition) is 1. The number of ether oxygens (including phenoxy) is 1. The second kappa shape index (κ2) is 7.62. The standard InChI is InChI=1S/C16H32N4O2/c1-16(2,3)22-15(21)20-7-5-14(13-20)17-6-8-19-11-9-18(4)10-12-19/h14,17H,5-13H2,1-4H3/t14-/m1/s1. The molecule has 1 atom stereocenters. The first-order valence-corrected chi connectivity index (χ1v) is 8.46. The van der Waals surface area contributed by atoms with Crippen molar-refractivity contribution in [2.24, 2.45) is 0 Å². The van der Waals surface area contributed by atoms with Crippen LogP contribution in [-0.4, -0.2) is 91.8 Å². The minimum absolute atomic E-state index is 0.184. The van der Waals surface area contributed by atoms with Crippen LogP contribution in [0.2, 0.25) is 0 Å². The number of likely N-dealkylation sites (N-methyl/N-ethyl adjacent to an activating group) is 1. The number of hydrogen-bond acceptors (Lipinski definition) is 5. The largest absolute Gasteiger partial charge is 0.444 e. The van der Waals surface area contributed by atoms with Gasteiger partial charge in [0.05, 0.1) is 0 Å². The van der Waals surface area contributed by atoms with Crippen molar-refractivity contribution in [3.8, 4) is 0 Å². The molecular weight excluding hydrogens is 280 g/mol. The molecule has 2 heterocycles. The van der Waals surface area contributed by atoms with E-state index in [1.165, 1.54) is 0 Å². The topological polar surface area (TPSA) is 48.0 Å². The SMILES string of the molecule is CN1CCN(CCN[C@@H]2CCN(C(=O)OC(C)(C)C)C2)CC1. The molecule has 0 spiro atoms. The summed E-state index contributed by atoms with van der Waals surface area (Å²) in [4.78, 5) is 18.7. The summed E-state index contributed by atoms with van der Waals surface area (Å²) in [6, 6.07) is 0.403. The fraction of sp³-hybridized carbons (Fsp3) is 0.938. The summed E-state index contributed by atoms with van der Waals surface area (Å²) in [6.07, 6.45) is 0.831. The molecule has 0 bridgehead atoms. The van der Waals surface area contributed by atoms with Crippen LogP contribution in [0.25, 0.3) is 0 Å². The summed E-state index contributed by atoms with van der Waals surface area (Å²) in [5, 5.41) is 3.58. The van der Waals surface area contributed by atoms with Crippen molar-refractivity contribution in [2.45, 2.75) is 38.8 Å². The highest BCUT2D eigenvalue weighted by atomic mass is 16.6. The number of amides is 1. The molecule has 0 saturated carbocycles. The average molecular weight is 312 g/mol. The highest BCUT2D eigenvalue weighted by Gasteiger charge is 2.29. The Balaban J connectivity index is 1.61. The van der Waals surface area contributed by atoms with Crippen LogP contribution in [0.4, 0.5) is 4.79 Å². The number of carbonyl (C=O) groups excluding carboxylic acids is 1. The molecule has 2 aliphatic heterocycles. The van der Waals surface area contributed by atoms with Gasteiger partial charge in [0.25, 0.3) is 0 Å². The fourth-order valence-corrected chi connectivity index (χ4v) is 2.92. The second-order valence-corrected chi connectivity index (χ2v) is 7.51. The molecule has 0 aromatic carbocycles. The summed E-state index contributed by atoms with van der Waals surface area (Å²) in [6.45, 7) is 14.0. The molecule has 6 heteroatoms. The van der Waals surface area contributed by atoms with Gasteiger partial charge in [0.15, 0.2) is 0 Å². The number of nitrogens with one attached hydrogen (secondary N) is 1. The molecule has 2 rings (SSSR count). The van der Waals surface area contributed by atoms with Crippen LogP contribution in [0.5, 0.6) is 0 Å². The summed E-state index contributed by atoms with van der Waals surface area (Å²) in [5.41, 5.74) is -0.413. The molecule has 0 aromatic heterocycles. The van der Waals surface area contributed by atoms with Crippen LogP contribution >= 0.6 is 0 Å². The normalized spacial score (nSPS) is 24.7. The first kappa shape index (κ1) is 17.5. The van der Waals surface area contributed by atoms with Gasteiger partial charge < -0.3 is 19.9 Å². The van der Waals surface area contributed by atoms with Gasteiger partial charge in [-0.05, 0) is 34.2 Å². The zero-order valence-electron chi connectivity index (χ0n) is 14.6. The van der Waals surface area contributed by atoms with Crippen molar-refractivity contribution in [3.05, 3.63) is 0 Å². The van der Waals surface area contributed by atoms with Crippen LogP contribution in [0.15, 0.2) is 0 Å². The molecule has 22 heavy (non-hydrogen) atoms. The van der Waals surface area contributed by atoms with E-state index in [9.17, 15) is 4.79 Å². The number of nitrogens with zero attached hydrogens (tertiary/aromatic N) is 3. The molecule has 2 saturated heterocycles. The van der Waals surface area contributed by atoms with Gasteiger partial charge in [-0.15, -0.1) is 0 Å². The fourth-order valence-electron chi connectivity index (χ4n) is 2.92. The Morgan fingerprint density at radius 1 is 1.18 bits per heavy atom. The van der Waals surface area contributed by atoms with Gasteiger partial charge in [-0.25, -0.2) is 4.79 Å². The van der Waals surface area contributed by atoms with Gasteiger partial charge in [-0.3, -0.25) is 4.90 Å². The van der Waals surface area contributed by atoms with Gasteiger partial charge in [-0.1, -0.05) is 0 Å². The van der Waals surface area contributed by atoms with E-state index in [4.69, 9.17) is 4.74 Å². The van der Waals surface area contributed by atoms with Gasteiger partial charge in [0, 0.05) is 58.4 Å². The highest BCUT2D eigenvalue weighted by Crippen LogP contribution is 2.15. The molecule has 1 amide bonds. The van der Waals surface area contributed by atoms with Crippen molar-refractivity contribution in [1.29, 1.82) is 0 Å². The van der Waals surface area contributed by atoms with Crippen LogP contribution < -0.4 is 5.32 Å². The van der Waals surface area contributed by atoms with E-state index in [1.54, 1.807) is 0 Å². The Bertz CT molecular complexity index is 362. The predicted octanol–water partition coefficient (Wildman–Crippen LogP) is 0.833. The Hall–Kier alpha value is -0.850. The van der Waals surface area contributed by atoms with Crippen molar-refractivity contribution < 1.29 is 9.53 Å². The average Bonchev–Trinajstić information content (AvgIpc) is 2.88. The van der Waals surface area contributed by atoms with E-state index in [-0.39, 0.29) is 6.09 Å². The van der Waals surface area contributed by atoms with Crippen LogP contribution in [0.3, 0.4) is 0 Å². The van der Waals surface area contributed by atoms with Crippen molar-refractivity contribution in [2.75, 3.05) is 59.4 Å². The van der Waals surface area contributed by atoms with E-state index >= 15 is 0 Å². The maximum absolute atomic E-state index is 12.0. The first-order valence-electron chi connectivity index (χ1n) is 8.46.